The first-order valence-corrected chi connectivity index (χ1v) is 4.01. The third kappa shape index (κ3) is 1.27. The molecule has 4 N–H and O–H groups in total. The van der Waals surface area contributed by atoms with Crippen molar-refractivity contribution in [3.8, 4) is 0 Å². The Balaban J connectivity index is 2.77. The molecular weight excluding hydrogens is 188 g/mol. The number of imidazole rings is 1. The summed E-state index contributed by atoms with van der Waals surface area (Å²) in [5.41, 5.74) is 1.38. The maximum Gasteiger partial charge on any atom is 0.220 e. The molecule has 0 aromatic carbocycles. The van der Waals surface area contributed by atoms with Gasteiger partial charge in [-0.1, -0.05) is 12.2 Å². The van der Waals surface area contributed by atoms with Crippen molar-refractivity contribution in [2.45, 2.75) is 0 Å². The Kier molecular flexibility index (Phi) is 1.74. The maximum atomic E-state index is 5.50. The Morgan fingerprint density at radius 2 is 2.38 bits per heavy atom. The molecule has 0 saturated carbocycles. The maximum absolute atomic E-state index is 5.50. The SMILES string of the molecule is CN(N)c1nc(=S)c2[nH]cnc2[nH]1. The molecule has 0 amide bonds. The monoisotopic (exact) mass is 196 g/mol. The third-order valence-corrected chi connectivity index (χ3v) is 1.92. The molecule has 2 aromatic heterocycles. The summed E-state index contributed by atoms with van der Waals surface area (Å²) in [5, 5.41) is 1.35. The number of fused-ring (bicyclic) bond motifs is 1. The fraction of sp³-hybridized carbons (Fsp3) is 0.167. The first kappa shape index (κ1) is 8.14. The van der Waals surface area contributed by atoms with Crippen molar-refractivity contribution in [2.75, 3.05) is 12.1 Å². The van der Waals surface area contributed by atoms with Gasteiger partial charge in [0.15, 0.2) is 10.3 Å². The van der Waals surface area contributed by atoms with Gasteiger partial charge < -0.3 is 9.97 Å². The van der Waals surface area contributed by atoms with E-state index in [1.165, 1.54) is 5.01 Å². The number of anilines is 1. The fourth-order valence-electron chi connectivity index (χ4n) is 1.01. The number of nitrogens with one attached hydrogen (secondary N) is 2. The number of nitrogens with two attached hydrogens (primary N) is 1. The molecule has 0 spiro atoms. The molecule has 6 nitrogen and oxygen atoms in total. The zero-order chi connectivity index (χ0) is 9.42. The molecule has 7 heteroatoms. The molecule has 13 heavy (non-hydrogen) atoms. The Morgan fingerprint density at radius 3 is 3.08 bits per heavy atom. The highest BCUT2D eigenvalue weighted by Gasteiger charge is 2.03. The first-order chi connectivity index (χ1) is 6.18. The predicted molar refractivity (Wildman–Crippen MR) is 51.7 cm³/mol. The zero-order valence-electron chi connectivity index (χ0n) is 6.90. The van der Waals surface area contributed by atoms with Crippen LogP contribution in [0.3, 0.4) is 0 Å². The summed E-state index contributed by atoms with van der Waals surface area (Å²) in [6, 6.07) is 0. The Bertz CT molecular complexity index is 483. The van der Waals surface area contributed by atoms with Gasteiger partial charge in [0.25, 0.3) is 0 Å². The molecule has 0 bridgehead atoms. The number of rotatable bonds is 1. The van der Waals surface area contributed by atoms with E-state index in [0.29, 0.717) is 16.2 Å². The van der Waals surface area contributed by atoms with Crippen LogP contribution in [0.15, 0.2) is 6.33 Å². The normalized spacial score (nSPS) is 10.6. The second kappa shape index (κ2) is 2.79. The highest BCUT2D eigenvalue weighted by Crippen LogP contribution is 2.10. The molecule has 0 atom stereocenters. The highest BCUT2D eigenvalue weighted by atomic mass is 32.1. The molecule has 0 aliphatic heterocycles. The molecular formula is C6H8N6S. The topological polar surface area (TPSA) is 86.6 Å². The average Bonchev–Trinajstić information content (AvgIpc) is 2.51. The van der Waals surface area contributed by atoms with Gasteiger partial charge in [-0.15, -0.1) is 0 Å². The molecule has 2 heterocycles. The summed E-state index contributed by atoms with van der Waals surface area (Å²) in [6.07, 6.45) is 1.55. The van der Waals surface area contributed by atoms with Gasteiger partial charge in [-0.05, 0) is 0 Å². The minimum absolute atomic E-state index is 0.457. The first-order valence-electron chi connectivity index (χ1n) is 3.60. The van der Waals surface area contributed by atoms with Crippen molar-refractivity contribution in [3.05, 3.63) is 11.0 Å². The van der Waals surface area contributed by atoms with Crippen molar-refractivity contribution in [1.82, 2.24) is 19.9 Å². The van der Waals surface area contributed by atoms with Gasteiger partial charge in [-0.3, -0.25) is 5.01 Å². The quantitative estimate of drug-likeness (QED) is 0.347. The largest absolute Gasteiger partial charge is 0.341 e. The van der Waals surface area contributed by atoms with Crippen molar-refractivity contribution < 1.29 is 0 Å². The third-order valence-electron chi connectivity index (χ3n) is 1.62. The number of hydrogen-bond donors (Lipinski definition) is 3. The average molecular weight is 196 g/mol. The van der Waals surface area contributed by atoms with E-state index in [1.807, 2.05) is 0 Å². The second-order valence-electron chi connectivity index (χ2n) is 2.60. The lowest BCUT2D eigenvalue weighted by Crippen LogP contribution is -2.27. The number of hydrazine groups is 1. The van der Waals surface area contributed by atoms with Gasteiger partial charge >= 0.3 is 0 Å². The molecule has 0 saturated heterocycles. The number of aromatic nitrogens is 4. The van der Waals surface area contributed by atoms with Crippen LogP contribution < -0.4 is 10.9 Å². The molecule has 2 aromatic rings. The van der Waals surface area contributed by atoms with Crippen LogP contribution in [0.25, 0.3) is 11.2 Å². The van der Waals surface area contributed by atoms with Crippen LogP contribution >= 0.6 is 12.2 Å². The standard InChI is InChI=1S/C6H8N6S/c1-12(7)6-10-4-3(5(13)11-6)8-2-9-4/h2H,7H2,1H3,(H2,8,9,10,11,13). The van der Waals surface area contributed by atoms with E-state index in [-0.39, 0.29) is 0 Å². The lowest BCUT2D eigenvalue weighted by Gasteiger charge is -2.09. The zero-order valence-corrected chi connectivity index (χ0v) is 7.72. The Hall–Kier alpha value is -1.47. The second-order valence-corrected chi connectivity index (χ2v) is 2.99. The van der Waals surface area contributed by atoms with Gasteiger partial charge in [-0.25, -0.2) is 10.8 Å². The molecule has 0 aliphatic rings. The summed E-state index contributed by atoms with van der Waals surface area (Å²) in [7, 11) is 1.67. The van der Waals surface area contributed by atoms with Gasteiger partial charge in [0, 0.05) is 7.05 Å². The molecule has 0 fully saturated rings. The molecule has 0 radical (unpaired) electrons. The van der Waals surface area contributed by atoms with E-state index < -0.39 is 0 Å². The summed E-state index contributed by atoms with van der Waals surface area (Å²) < 4.78 is 0.457. The summed E-state index contributed by atoms with van der Waals surface area (Å²) in [5.74, 6) is 5.99. The van der Waals surface area contributed by atoms with Crippen molar-refractivity contribution in [2.24, 2.45) is 5.84 Å². The van der Waals surface area contributed by atoms with Gasteiger partial charge in [0.1, 0.15) is 5.52 Å². The Labute approximate surface area is 78.8 Å². The minimum atomic E-state index is 0.457. The highest BCUT2D eigenvalue weighted by molar-refractivity contribution is 7.71. The van der Waals surface area contributed by atoms with E-state index >= 15 is 0 Å². The Morgan fingerprint density at radius 1 is 1.62 bits per heavy atom. The molecule has 0 unspecified atom stereocenters. The van der Waals surface area contributed by atoms with E-state index in [4.69, 9.17) is 18.1 Å². The molecule has 68 valence electrons. The number of H-pyrrole nitrogens is 2. The van der Waals surface area contributed by atoms with Gasteiger partial charge in [0.05, 0.1) is 6.33 Å². The summed E-state index contributed by atoms with van der Waals surface area (Å²) in [4.78, 5) is 13.9. The van der Waals surface area contributed by atoms with Crippen LogP contribution in [-0.2, 0) is 0 Å². The minimum Gasteiger partial charge on any atom is -0.341 e. The van der Waals surface area contributed by atoms with Gasteiger partial charge in [-0.2, -0.15) is 4.98 Å². The number of aromatic amines is 2. The fourth-order valence-corrected chi connectivity index (χ4v) is 1.25. The van der Waals surface area contributed by atoms with Crippen LogP contribution in [0, 0.1) is 4.64 Å². The van der Waals surface area contributed by atoms with Crippen molar-refractivity contribution >= 4 is 29.3 Å². The van der Waals surface area contributed by atoms with E-state index in [1.54, 1.807) is 13.4 Å². The smallest absolute Gasteiger partial charge is 0.220 e. The summed E-state index contributed by atoms with van der Waals surface area (Å²) in [6.45, 7) is 0. The predicted octanol–water partition coefficient (Wildman–Crippen LogP) is 0.325. The molecule has 0 aliphatic carbocycles. The summed E-state index contributed by atoms with van der Waals surface area (Å²) >= 11 is 5.03. The number of hydrogen-bond acceptors (Lipinski definition) is 5. The van der Waals surface area contributed by atoms with Crippen molar-refractivity contribution in [3.63, 3.8) is 0 Å². The van der Waals surface area contributed by atoms with E-state index in [2.05, 4.69) is 19.9 Å². The van der Waals surface area contributed by atoms with E-state index in [9.17, 15) is 0 Å². The lowest BCUT2D eigenvalue weighted by atomic mass is 10.5. The van der Waals surface area contributed by atoms with Crippen LogP contribution in [0.4, 0.5) is 5.95 Å². The van der Waals surface area contributed by atoms with Gasteiger partial charge in [0.2, 0.25) is 5.95 Å². The van der Waals surface area contributed by atoms with E-state index in [0.717, 1.165) is 5.52 Å². The van der Waals surface area contributed by atoms with Crippen LogP contribution in [0.2, 0.25) is 0 Å². The van der Waals surface area contributed by atoms with Crippen molar-refractivity contribution in [1.29, 1.82) is 0 Å². The van der Waals surface area contributed by atoms with Crippen LogP contribution in [0.5, 0.6) is 0 Å². The lowest BCUT2D eigenvalue weighted by molar-refractivity contribution is 0.935. The number of nitrogens with zero attached hydrogens (tertiary/aromatic N) is 3. The molecule has 2 rings (SSSR count). The van der Waals surface area contributed by atoms with Crippen LogP contribution in [0.1, 0.15) is 0 Å². The van der Waals surface area contributed by atoms with Crippen LogP contribution in [-0.4, -0.2) is 27.0 Å².